The number of sulfonamides is 1. The zero-order chi connectivity index (χ0) is 19.5. The second-order valence-corrected chi connectivity index (χ2v) is 8.75. The van der Waals surface area contributed by atoms with Gasteiger partial charge in [0.25, 0.3) is 0 Å². The Kier molecular flexibility index (Phi) is 6.17. The van der Waals surface area contributed by atoms with Gasteiger partial charge in [0.15, 0.2) is 0 Å². The van der Waals surface area contributed by atoms with Gasteiger partial charge in [0.2, 0.25) is 10.0 Å². The van der Waals surface area contributed by atoms with Gasteiger partial charge in [-0.15, -0.1) is 0 Å². The molecule has 0 aromatic heterocycles. The van der Waals surface area contributed by atoms with Crippen molar-refractivity contribution in [3.63, 3.8) is 0 Å². The molecule has 146 valence electrons. The lowest BCUT2D eigenvalue weighted by Gasteiger charge is -2.32. The number of anilines is 1. The van der Waals surface area contributed by atoms with Gasteiger partial charge < -0.3 is 10.2 Å². The van der Waals surface area contributed by atoms with E-state index in [0.717, 1.165) is 12.1 Å². The summed E-state index contributed by atoms with van der Waals surface area (Å²) in [4.78, 5) is 13.7. The number of piperidine rings is 1. The number of hydrogen-bond donors (Lipinski definition) is 2. The fraction of sp³-hybridized carbons (Fsp3) is 0.562. The summed E-state index contributed by atoms with van der Waals surface area (Å²) in [5, 5.41) is 1.92. The molecule has 2 N–H and O–H groups in total. The third kappa shape index (κ3) is 5.34. The van der Waals surface area contributed by atoms with Crippen LogP contribution >= 0.6 is 0 Å². The molecule has 2 rings (SSSR count). The quantitative estimate of drug-likeness (QED) is 0.825. The Morgan fingerprint density at radius 1 is 1.23 bits per heavy atom. The van der Waals surface area contributed by atoms with E-state index >= 15 is 0 Å². The number of nitrogens with zero attached hydrogens (tertiary/aromatic N) is 1. The molecule has 1 heterocycles. The number of rotatable bonds is 4. The third-order valence-corrected chi connectivity index (χ3v) is 6.08. The van der Waals surface area contributed by atoms with Crippen LogP contribution in [0.1, 0.15) is 32.3 Å². The van der Waals surface area contributed by atoms with E-state index < -0.39 is 33.0 Å². The SMILES string of the molecule is CC(C)S(=O)(=O)NC1CCN(C(=O)Nc2cccc(C(F)(F)F)c2)CC1. The van der Waals surface area contributed by atoms with Crippen molar-refractivity contribution >= 4 is 21.7 Å². The zero-order valence-corrected chi connectivity index (χ0v) is 15.3. The number of benzene rings is 1. The van der Waals surface area contributed by atoms with Crippen LogP contribution in [0.4, 0.5) is 23.7 Å². The average Bonchev–Trinajstić information content (AvgIpc) is 2.54. The Hall–Kier alpha value is -1.81. The molecule has 0 radical (unpaired) electrons. The van der Waals surface area contributed by atoms with E-state index in [1.54, 1.807) is 13.8 Å². The lowest BCUT2D eigenvalue weighted by molar-refractivity contribution is -0.137. The molecule has 1 aromatic rings. The van der Waals surface area contributed by atoms with Crippen molar-refractivity contribution in [2.45, 2.75) is 44.2 Å². The van der Waals surface area contributed by atoms with Crippen LogP contribution in [0.2, 0.25) is 0 Å². The van der Waals surface area contributed by atoms with Crippen molar-refractivity contribution in [3.05, 3.63) is 29.8 Å². The highest BCUT2D eigenvalue weighted by Crippen LogP contribution is 2.30. The molecule has 26 heavy (non-hydrogen) atoms. The van der Waals surface area contributed by atoms with Gasteiger partial charge in [-0.2, -0.15) is 13.2 Å². The van der Waals surface area contributed by atoms with Crippen molar-refractivity contribution in [1.29, 1.82) is 0 Å². The molecule has 1 aliphatic rings. The summed E-state index contributed by atoms with van der Waals surface area (Å²) < 4.78 is 64.5. The molecule has 1 fully saturated rings. The van der Waals surface area contributed by atoms with Gasteiger partial charge in [0, 0.05) is 24.8 Å². The van der Waals surface area contributed by atoms with Gasteiger partial charge in [0.05, 0.1) is 10.8 Å². The Labute approximate surface area is 150 Å². The highest BCUT2D eigenvalue weighted by atomic mass is 32.2. The summed E-state index contributed by atoms with van der Waals surface area (Å²) >= 11 is 0. The molecular weight excluding hydrogens is 371 g/mol. The summed E-state index contributed by atoms with van der Waals surface area (Å²) in [6, 6.07) is 3.67. The molecule has 1 aliphatic heterocycles. The Bertz CT molecular complexity index is 743. The summed E-state index contributed by atoms with van der Waals surface area (Å²) in [7, 11) is -3.38. The van der Waals surface area contributed by atoms with Gasteiger partial charge in [-0.05, 0) is 44.9 Å². The summed E-state index contributed by atoms with van der Waals surface area (Å²) in [5.74, 6) is 0. The van der Waals surface area contributed by atoms with E-state index in [4.69, 9.17) is 0 Å². The van der Waals surface area contributed by atoms with Gasteiger partial charge in [-0.25, -0.2) is 17.9 Å². The normalized spacial score (nSPS) is 16.8. The Morgan fingerprint density at radius 3 is 2.38 bits per heavy atom. The molecule has 0 atom stereocenters. The fourth-order valence-corrected chi connectivity index (χ4v) is 3.52. The van der Waals surface area contributed by atoms with Gasteiger partial charge in [-0.3, -0.25) is 0 Å². The molecule has 0 bridgehead atoms. The van der Waals surface area contributed by atoms with E-state index in [0.29, 0.717) is 25.9 Å². The van der Waals surface area contributed by atoms with E-state index in [9.17, 15) is 26.4 Å². The summed E-state index contributed by atoms with van der Waals surface area (Å²) in [5.41, 5.74) is -0.774. The molecule has 0 unspecified atom stereocenters. The largest absolute Gasteiger partial charge is 0.416 e. The average molecular weight is 393 g/mol. The van der Waals surface area contributed by atoms with Crippen LogP contribution in [0.5, 0.6) is 0 Å². The number of urea groups is 1. The first-order valence-electron chi connectivity index (χ1n) is 8.23. The summed E-state index contributed by atoms with van der Waals surface area (Å²) in [6.07, 6.45) is -3.59. The van der Waals surface area contributed by atoms with E-state index in [2.05, 4.69) is 10.0 Å². The van der Waals surface area contributed by atoms with Crippen LogP contribution in [0.25, 0.3) is 0 Å². The highest BCUT2D eigenvalue weighted by Gasteiger charge is 2.31. The number of amides is 2. The number of likely N-dealkylation sites (tertiary alicyclic amines) is 1. The topological polar surface area (TPSA) is 78.5 Å². The Morgan fingerprint density at radius 2 is 1.85 bits per heavy atom. The lowest BCUT2D eigenvalue weighted by atomic mass is 10.1. The number of alkyl halides is 3. The van der Waals surface area contributed by atoms with Crippen LogP contribution in [0.15, 0.2) is 24.3 Å². The summed E-state index contributed by atoms with van der Waals surface area (Å²) in [6.45, 7) is 3.80. The predicted octanol–water partition coefficient (Wildman–Crippen LogP) is 3.03. The molecule has 0 aliphatic carbocycles. The van der Waals surface area contributed by atoms with Gasteiger partial charge in [-0.1, -0.05) is 6.07 Å². The minimum atomic E-state index is -4.48. The molecule has 0 saturated carbocycles. The third-order valence-electron chi connectivity index (χ3n) is 4.17. The lowest BCUT2D eigenvalue weighted by Crippen LogP contribution is -2.48. The van der Waals surface area contributed by atoms with Crippen molar-refractivity contribution in [2.75, 3.05) is 18.4 Å². The van der Waals surface area contributed by atoms with E-state index in [1.807, 2.05) is 0 Å². The molecule has 1 aromatic carbocycles. The highest BCUT2D eigenvalue weighted by molar-refractivity contribution is 7.90. The molecular formula is C16H22F3N3O3S. The molecule has 2 amide bonds. The Balaban J connectivity index is 1.91. The van der Waals surface area contributed by atoms with E-state index in [-0.39, 0.29) is 11.7 Å². The zero-order valence-electron chi connectivity index (χ0n) is 14.5. The second-order valence-electron chi connectivity index (χ2n) is 6.48. The minimum Gasteiger partial charge on any atom is -0.324 e. The first kappa shape index (κ1) is 20.5. The van der Waals surface area contributed by atoms with Crippen LogP contribution in [0.3, 0.4) is 0 Å². The molecule has 0 spiro atoms. The maximum Gasteiger partial charge on any atom is 0.416 e. The first-order chi connectivity index (χ1) is 12.0. The first-order valence-corrected chi connectivity index (χ1v) is 9.78. The van der Waals surface area contributed by atoms with Crippen LogP contribution < -0.4 is 10.0 Å². The standard InChI is InChI=1S/C16H22F3N3O3S/c1-11(2)26(24,25)21-13-6-8-22(9-7-13)15(23)20-14-5-3-4-12(10-14)16(17,18)19/h3-5,10-11,13,21H,6-9H2,1-2H3,(H,20,23). The number of carbonyl (C=O) groups excluding carboxylic acids is 1. The van der Waals surface area contributed by atoms with Crippen molar-refractivity contribution in [3.8, 4) is 0 Å². The van der Waals surface area contributed by atoms with Crippen molar-refractivity contribution in [2.24, 2.45) is 0 Å². The fourth-order valence-electron chi connectivity index (χ4n) is 2.54. The molecule has 1 saturated heterocycles. The van der Waals surface area contributed by atoms with E-state index in [1.165, 1.54) is 17.0 Å². The van der Waals surface area contributed by atoms with Crippen LogP contribution in [-0.4, -0.2) is 43.7 Å². The monoisotopic (exact) mass is 393 g/mol. The van der Waals surface area contributed by atoms with Gasteiger partial charge >= 0.3 is 12.2 Å². The second kappa shape index (κ2) is 7.83. The number of carbonyl (C=O) groups is 1. The minimum absolute atomic E-state index is 0.0625. The van der Waals surface area contributed by atoms with Gasteiger partial charge in [0.1, 0.15) is 0 Å². The predicted molar refractivity (Wildman–Crippen MR) is 92.2 cm³/mol. The maximum absolute atomic E-state index is 12.7. The van der Waals surface area contributed by atoms with Crippen molar-refractivity contribution < 1.29 is 26.4 Å². The van der Waals surface area contributed by atoms with Crippen LogP contribution in [-0.2, 0) is 16.2 Å². The number of nitrogens with one attached hydrogen (secondary N) is 2. The molecule has 6 nitrogen and oxygen atoms in total. The maximum atomic E-state index is 12.7. The molecule has 10 heteroatoms. The number of halogens is 3. The van der Waals surface area contributed by atoms with Crippen LogP contribution in [0, 0.1) is 0 Å². The number of hydrogen-bond acceptors (Lipinski definition) is 3. The van der Waals surface area contributed by atoms with Crippen molar-refractivity contribution in [1.82, 2.24) is 9.62 Å². The smallest absolute Gasteiger partial charge is 0.324 e.